The first kappa shape index (κ1) is 19.9. The summed E-state index contributed by atoms with van der Waals surface area (Å²) >= 11 is 3.17. The van der Waals surface area contributed by atoms with Gasteiger partial charge in [0.15, 0.2) is 5.16 Å². The quantitative estimate of drug-likeness (QED) is 0.496. The zero-order valence-electron chi connectivity index (χ0n) is 16.5. The van der Waals surface area contributed by atoms with Crippen LogP contribution >= 0.6 is 23.1 Å². The van der Waals surface area contributed by atoms with E-state index in [1.54, 1.807) is 11.3 Å². The van der Waals surface area contributed by atoms with E-state index in [0.29, 0.717) is 35.8 Å². The topological polar surface area (TPSA) is 66.1 Å². The van der Waals surface area contributed by atoms with Crippen LogP contribution in [-0.4, -0.2) is 33.6 Å². The van der Waals surface area contributed by atoms with Crippen molar-refractivity contribution in [3.63, 3.8) is 0 Å². The summed E-state index contributed by atoms with van der Waals surface area (Å²) in [5.74, 6) is 0.0726. The second-order valence-corrected chi connectivity index (χ2v) is 8.88. The van der Waals surface area contributed by atoms with Crippen LogP contribution in [0.5, 0.6) is 0 Å². The lowest BCUT2D eigenvalue weighted by atomic mass is 9.92. The van der Waals surface area contributed by atoms with Gasteiger partial charge in [-0.25, -0.2) is 4.98 Å². The summed E-state index contributed by atoms with van der Waals surface area (Å²) in [4.78, 5) is 36.1. The highest BCUT2D eigenvalue weighted by Gasteiger charge is 2.32. The lowest BCUT2D eigenvalue weighted by Gasteiger charge is -2.36. The second kappa shape index (κ2) is 8.55. The monoisotopic (exact) mass is 425 g/mol. The van der Waals surface area contributed by atoms with E-state index >= 15 is 0 Å². The van der Waals surface area contributed by atoms with E-state index < -0.39 is 0 Å². The lowest BCUT2D eigenvalue weighted by molar-refractivity contribution is -0.133. The Labute approximate surface area is 178 Å². The third-order valence-electron chi connectivity index (χ3n) is 5.38. The number of thioether (sulfide) groups is 1. The van der Waals surface area contributed by atoms with Crippen LogP contribution < -0.4 is 5.56 Å². The van der Waals surface area contributed by atoms with Crippen LogP contribution in [0.3, 0.4) is 0 Å². The first-order valence-electron chi connectivity index (χ1n) is 9.63. The molecule has 1 unspecified atom stereocenters. The molecule has 1 amide bonds. The zero-order chi connectivity index (χ0) is 20.4. The first-order chi connectivity index (χ1) is 14.1. The molecule has 3 heterocycles. The standard InChI is InChI=1S/C22H23N3O2S2/c1-14-16(21(27)24-22(23-14)28-2)8-9-19(26)25-12-10-18-17(11-13-29-18)20(25)15-6-4-3-5-7-15/h3-7,11,13,20H,8-10,12H2,1-2H3,(H,23,24,27). The van der Waals surface area contributed by atoms with Crippen molar-refractivity contribution in [1.82, 2.24) is 14.9 Å². The van der Waals surface area contributed by atoms with Crippen LogP contribution in [0.15, 0.2) is 51.7 Å². The number of H-pyrrole nitrogens is 1. The van der Waals surface area contributed by atoms with Crippen molar-refractivity contribution in [3.05, 3.63) is 79.4 Å². The molecule has 1 atom stereocenters. The molecule has 0 saturated carbocycles. The Hall–Kier alpha value is -2.38. The van der Waals surface area contributed by atoms with Crippen LogP contribution in [0.1, 0.15) is 39.7 Å². The van der Waals surface area contributed by atoms with Crippen LogP contribution in [0.2, 0.25) is 0 Å². The Morgan fingerprint density at radius 3 is 2.83 bits per heavy atom. The number of benzene rings is 1. The van der Waals surface area contributed by atoms with Gasteiger partial charge < -0.3 is 9.88 Å². The molecule has 0 fully saturated rings. The molecule has 1 N–H and O–H groups in total. The van der Waals surface area contributed by atoms with Gasteiger partial charge in [0.25, 0.3) is 5.56 Å². The summed E-state index contributed by atoms with van der Waals surface area (Å²) in [6.45, 7) is 2.53. The van der Waals surface area contributed by atoms with Gasteiger partial charge in [-0.3, -0.25) is 9.59 Å². The molecule has 2 aromatic heterocycles. The number of amides is 1. The number of carbonyl (C=O) groups is 1. The van der Waals surface area contributed by atoms with Gasteiger partial charge in [0.1, 0.15) is 0 Å². The van der Waals surface area contributed by atoms with E-state index in [4.69, 9.17) is 0 Å². The number of aromatic nitrogens is 2. The largest absolute Gasteiger partial charge is 0.331 e. The highest BCUT2D eigenvalue weighted by atomic mass is 32.2. The van der Waals surface area contributed by atoms with E-state index in [0.717, 1.165) is 12.0 Å². The molecule has 0 aliphatic carbocycles. The SMILES string of the molecule is CSc1nc(C)c(CCC(=O)N2CCc3sccc3C2c2ccccc2)c(=O)[nH]1. The number of thiophene rings is 1. The van der Waals surface area contributed by atoms with Crippen molar-refractivity contribution in [2.75, 3.05) is 12.8 Å². The minimum absolute atomic E-state index is 0.0601. The molecule has 0 bridgehead atoms. The molecule has 29 heavy (non-hydrogen) atoms. The highest BCUT2D eigenvalue weighted by Crippen LogP contribution is 2.38. The van der Waals surface area contributed by atoms with Gasteiger partial charge in [-0.1, -0.05) is 42.1 Å². The number of fused-ring (bicyclic) bond motifs is 1. The number of nitrogens with one attached hydrogen (secondary N) is 1. The molecule has 1 aliphatic rings. The molecule has 0 spiro atoms. The average Bonchev–Trinajstić information content (AvgIpc) is 3.21. The van der Waals surface area contributed by atoms with E-state index in [2.05, 4.69) is 33.5 Å². The number of hydrogen-bond donors (Lipinski definition) is 1. The average molecular weight is 426 g/mol. The maximum atomic E-state index is 13.2. The van der Waals surface area contributed by atoms with Crippen molar-refractivity contribution in [2.45, 2.75) is 37.4 Å². The molecule has 1 aromatic carbocycles. The summed E-state index contributed by atoms with van der Waals surface area (Å²) in [5, 5.41) is 2.71. The van der Waals surface area contributed by atoms with Gasteiger partial charge in [0.2, 0.25) is 5.91 Å². The third-order valence-corrected chi connectivity index (χ3v) is 6.96. The smallest absolute Gasteiger partial charge is 0.254 e. The number of nitrogens with zero attached hydrogens (tertiary/aromatic N) is 2. The first-order valence-corrected chi connectivity index (χ1v) is 11.7. The van der Waals surface area contributed by atoms with E-state index in [-0.39, 0.29) is 17.5 Å². The van der Waals surface area contributed by atoms with Gasteiger partial charge in [-0.15, -0.1) is 11.3 Å². The summed E-state index contributed by atoms with van der Waals surface area (Å²) in [5.41, 5.74) is 3.50. The maximum Gasteiger partial charge on any atom is 0.254 e. The predicted octanol–water partition coefficient (Wildman–Crippen LogP) is 3.97. The molecule has 4 rings (SSSR count). The number of aromatic amines is 1. The summed E-state index contributed by atoms with van der Waals surface area (Å²) in [6.07, 6.45) is 3.45. The van der Waals surface area contributed by atoms with Gasteiger partial charge in [0.05, 0.1) is 6.04 Å². The van der Waals surface area contributed by atoms with Gasteiger partial charge >= 0.3 is 0 Å². The van der Waals surface area contributed by atoms with Crippen LogP contribution in [0.4, 0.5) is 0 Å². The predicted molar refractivity (Wildman–Crippen MR) is 118 cm³/mol. The van der Waals surface area contributed by atoms with Gasteiger partial charge in [-0.2, -0.15) is 0 Å². The Morgan fingerprint density at radius 2 is 2.10 bits per heavy atom. The minimum Gasteiger partial charge on any atom is -0.331 e. The molecule has 150 valence electrons. The van der Waals surface area contributed by atoms with Gasteiger partial charge in [-0.05, 0) is 48.6 Å². The fraction of sp³-hybridized carbons (Fsp3) is 0.318. The van der Waals surface area contributed by atoms with Gasteiger partial charge in [0, 0.05) is 29.1 Å². The van der Waals surface area contributed by atoms with Crippen molar-refractivity contribution in [2.24, 2.45) is 0 Å². The molecular weight excluding hydrogens is 402 g/mol. The number of carbonyl (C=O) groups excluding carboxylic acids is 1. The van der Waals surface area contributed by atoms with E-state index in [1.165, 1.54) is 22.2 Å². The second-order valence-electron chi connectivity index (χ2n) is 7.09. The molecule has 5 nitrogen and oxygen atoms in total. The highest BCUT2D eigenvalue weighted by molar-refractivity contribution is 7.98. The Morgan fingerprint density at radius 1 is 1.31 bits per heavy atom. The normalized spacial score (nSPS) is 15.9. The Balaban J connectivity index is 1.57. The Bertz CT molecular complexity index is 1080. The summed E-state index contributed by atoms with van der Waals surface area (Å²) in [7, 11) is 0. The van der Waals surface area contributed by atoms with Crippen molar-refractivity contribution in [3.8, 4) is 0 Å². The molecule has 1 aliphatic heterocycles. The van der Waals surface area contributed by atoms with Crippen molar-refractivity contribution < 1.29 is 4.79 Å². The zero-order valence-corrected chi connectivity index (χ0v) is 18.1. The van der Waals surface area contributed by atoms with Crippen LogP contribution in [0.25, 0.3) is 0 Å². The fourth-order valence-electron chi connectivity index (χ4n) is 3.93. The van der Waals surface area contributed by atoms with E-state index in [9.17, 15) is 9.59 Å². The number of rotatable bonds is 5. The summed E-state index contributed by atoms with van der Waals surface area (Å²) < 4.78 is 0. The minimum atomic E-state index is -0.145. The third kappa shape index (κ3) is 4.02. The van der Waals surface area contributed by atoms with E-state index in [1.807, 2.05) is 36.3 Å². The van der Waals surface area contributed by atoms with Crippen LogP contribution in [0, 0.1) is 6.92 Å². The van der Waals surface area contributed by atoms with Crippen molar-refractivity contribution in [1.29, 1.82) is 0 Å². The van der Waals surface area contributed by atoms with Crippen molar-refractivity contribution >= 4 is 29.0 Å². The fourth-order valence-corrected chi connectivity index (χ4v) is 5.26. The molecule has 7 heteroatoms. The maximum absolute atomic E-state index is 13.2. The summed E-state index contributed by atoms with van der Waals surface area (Å²) in [6, 6.07) is 12.3. The Kier molecular flexibility index (Phi) is 5.87. The van der Waals surface area contributed by atoms with Crippen LogP contribution in [-0.2, 0) is 17.6 Å². The molecular formula is C22H23N3O2S2. The molecule has 0 saturated heterocycles. The molecule has 3 aromatic rings. The lowest BCUT2D eigenvalue weighted by Crippen LogP contribution is -2.40. The number of aryl methyl sites for hydroxylation is 1. The number of hydrogen-bond acceptors (Lipinski definition) is 5. The molecule has 0 radical (unpaired) electrons.